The molecule has 1 atom stereocenters. The number of methoxy groups -OCH3 is 1. The maximum Gasteiger partial charge on any atom is 0.408 e. The van der Waals surface area contributed by atoms with Crippen LogP contribution in [0.1, 0.15) is 26.3 Å². The van der Waals surface area contributed by atoms with Crippen molar-refractivity contribution >= 4 is 12.1 Å². The highest BCUT2D eigenvalue weighted by atomic mass is 16.6. The van der Waals surface area contributed by atoms with Gasteiger partial charge in [-0.15, -0.1) is 0 Å². The Morgan fingerprint density at radius 1 is 1.19 bits per heavy atom. The first-order chi connectivity index (χ1) is 9.70. The van der Waals surface area contributed by atoms with Gasteiger partial charge in [0.05, 0.1) is 12.7 Å². The van der Waals surface area contributed by atoms with E-state index in [4.69, 9.17) is 4.74 Å². The Balaban J connectivity index is 2.72. The Hall–Kier alpha value is -2.08. The van der Waals surface area contributed by atoms with Crippen molar-refractivity contribution in [2.24, 2.45) is 0 Å². The zero-order chi connectivity index (χ0) is 16.1. The number of rotatable bonds is 5. The first-order valence-corrected chi connectivity index (χ1v) is 6.50. The number of carbonyl (C=O) groups is 2. The molecule has 0 aliphatic heterocycles. The number of nitrogens with one attached hydrogen (secondary N) is 1. The van der Waals surface area contributed by atoms with Gasteiger partial charge >= 0.3 is 12.1 Å². The lowest BCUT2D eigenvalue weighted by Gasteiger charge is -2.37. The second kappa shape index (κ2) is 6.58. The Morgan fingerprint density at radius 3 is 2.24 bits per heavy atom. The van der Waals surface area contributed by atoms with E-state index in [1.54, 1.807) is 0 Å². The van der Waals surface area contributed by atoms with E-state index in [9.17, 15) is 14.7 Å². The van der Waals surface area contributed by atoms with Gasteiger partial charge in [0.2, 0.25) is 0 Å². The van der Waals surface area contributed by atoms with Crippen LogP contribution in [-0.4, -0.2) is 35.4 Å². The van der Waals surface area contributed by atoms with E-state index in [0.29, 0.717) is 0 Å². The SMILES string of the molecule is COC(=O)C(C)(NC(=O)OCc1ccccc1)C(C)(C)O. The summed E-state index contributed by atoms with van der Waals surface area (Å²) in [6.45, 7) is 4.25. The summed E-state index contributed by atoms with van der Waals surface area (Å²) in [6, 6.07) is 9.12. The highest BCUT2D eigenvalue weighted by Gasteiger charge is 2.49. The minimum atomic E-state index is -1.62. The zero-order valence-electron chi connectivity index (χ0n) is 12.7. The van der Waals surface area contributed by atoms with Gasteiger partial charge in [-0.25, -0.2) is 9.59 Å². The van der Waals surface area contributed by atoms with E-state index < -0.39 is 23.2 Å². The van der Waals surface area contributed by atoms with Gasteiger partial charge in [0.25, 0.3) is 0 Å². The van der Waals surface area contributed by atoms with Crippen LogP contribution in [0.5, 0.6) is 0 Å². The van der Waals surface area contributed by atoms with E-state index in [2.05, 4.69) is 10.1 Å². The molecule has 0 radical (unpaired) electrons. The van der Waals surface area contributed by atoms with E-state index in [0.717, 1.165) is 5.56 Å². The topological polar surface area (TPSA) is 84.9 Å². The molecule has 0 aromatic heterocycles. The summed E-state index contributed by atoms with van der Waals surface area (Å²) in [5.41, 5.74) is -2.32. The van der Waals surface area contributed by atoms with Crippen LogP contribution in [0, 0.1) is 0 Å². The molecule has 0 bridgehead atoms. The average molecular weight is 295 g/mol. The molecule has 1 aromatic rings. The maximum absolute atomic E-state index is 11.8. The Labute approximate surface area is 124 Å². The van der Waals surface area contributed by atoms with E-state index in [1.165, 1.54) is 27.9 Å². The monoisotopic (exact) mass is 295 g/mol. The molecular formula is C15H21NO5. The molecule has 116 valence electrons. The van der Waals surface area contributed by atoms with Crippen LogP contribution in [-0.2, 0) is 20.9 Å². The molecule has 21 heavy (non-hydrogen) atoms. The normalized spacial score (nSPS) is 14.0. The smallest absolute Gasteiger partial charge is 0.408 e. The summed E-state index contributed by atoms with van der Waals surface area (Å²) in [5.74, 6) is -0.758. The predicted octanol–water partition coefficient (Wildman–Crippen LogP) is 1.62. The molecule has 1 rings (SSSR count). The fraction of sp³-hybridized carbons (Fsp3) is 0.467. The number of aliphatic hydroxyl groups is 1. The molecule has 1 amide bonds. The van der Waals surface area contributed by atoms with Gasteiger partial charge in [0.15, 0.2) is 5.54 Å². The van der Waals surface area contributed by atoms with Gasteiger partial charge < -0.3 is 19.9 Å². The van der Waals surface area contributed by atoms with Gasteiger partial charge in [-0.3, -0.25) is 0 Å². The third-order valence-electron chi connectivity index (χ3n) is 3.38. The first kappa shape index (κ1) is 17.0. The van der Waals surface area contributed by atoms with Crippen LogP contribution >= 0.6 is 0 Å². The average Bonchev–Trinajstić information content (AvgIpc) is 2.44. The molecule has 0 aliphatic rings. The Bertz CT molecular complexity index is 495. The highest BCUT2D eigenvalue weighted by Crippen LogP contribution is 2.23. The molecule has 0 aliphatic carbocycles. The lowest BCUT2D eigenvalue weighted by atomic mass is 9.84. The molecular weight excluding hydrogens is 274 g/mol. The van der Waals surface area contributed by atoms with Crippen molar-refractivity contribution in [3.63, 3.8) is 0 Å². The fourth-order valence-corrected chi connectivity index (χ4v) is 1.62. The van der Waals surface area contributed by atoms with Gasteiger partial charge in [-0.1, -0.05) is 30.3 Å². The number of hydrogen-bond donors (Lipinski definition) is 2. The number of ether oxygens (including phenoxy) is 2. The van der Waals surface area contributed by atoms with Crippen molar-refractivity contribution in [3.8, 4) is 0 Å². The van der Waals surface area contributed by atoms with E-state index >= 15 is 0 Å². The fourth-order valence-electron chi connectivity index (χ4n) is 1.62. The number of alkyl carbamates (subject to hydrolysis) is 1. The molecule has 0 saturated carbocycles. The van der Waals surface area contributed by atoms with Crippen molar-refractivity contribution in [2.75, 3.05) is 7.11 Å². The lowest BCUT2D eigenvalue weighted by Crippen LogP contribution is -2.65. The molecule has 1 unspecified atom stereocenters. The summed E-state index contributed by atoms with van der Waals surface area (Å²) >= 11 is 0. The van der Waals surface area contributed by atoms with Crippen molar-refractivity contribution in [1.82, 2.24) is 5.32 Å². The van der Waals surface area contributed by atoms with Gasteiger partial charge in [-0.2, -0.15) is 0 Å². The molecule has 0 spiro atoms. The van der Waals surface area contributed by atoms with Gasteiger partial charge in [0, 0.05) is 0 Å². The minimum absolute atomic E-state index is 0.0653. The third kappa shape index (κ3) is 4.19. The summed E-state index contributed by atoms with van der Waals surface area (Å²) < 4.78 is 9.68. The number of hydrogen-bond acceptors (Lipinski definition) is 5. The van der Waals surface area contributed by atoms with Crippen LogP contribution in [0.2, 0.25) is 0 Å². The standard InChI is InChI=1S/C15H21NO5/c1-14(2,19)15(3,12(17)20-4)16-13(18)21-10-11-8-6-5-7-9-11/h5-9,19H,10H2,1-4H3,(H,16,18). The predicted molar refractivity (Wildman–Crippen MR) is 76.5 cm³/mol. The lowest BCUT2D eigenvalue weighted by molar-refractivity contribution is -0.158. The molecule has 0 saturated heterocycles. The van der Waals surface area contributed by atoms with E-state index in [-0.39, 0.29) is 6.61 Å². The van der Waals surface area contributed by atoms with Gasteiger partial charge in [-0.05, 0) is 26.3 Å². The third-order valence-corrected chi connectivity index (χ3v) is 3.38. The minimum Gasteiger partial charge on any atom is -0.467 e. The summed E-state index contributed by atoms with van der Waals surface area (Å²) in [4.78, 5) is 23.7. The summed E-state index contributed by atoms with van der Waals surface area (Å²) in [7, 11) is 1.18. The van der Waals surface area contributed by atoms with Crippen LogP contribution in [0.3, 0.4) is 0 Å². The van der Waals surface area contributed by atoms with E-state index in [1.807, 2.05) is 30.3 Å². The Morgan fingerprint density at radius 2 is 1.76 bits per heavy atom. The van der Waals surface area contributed by atoms with Gasteiger partial charge in [0.1, 0.15) is 6.61 Å². The first-order valence-electron chi connectivity index (χ1n) is 6.50. The van der Waals surface area contributed by atoms with Crippen LogP contribution in [0.15, 0.2) is 30.3 Å². The maximum atomic E-state index is 11.8. The molecule has 2 N–H and O–H groups in total. The molecule has 6 nitrogen and oxygen atoms in total. The second-order valence-electron chi connectivity index (χ2n) is 5.36. The largest absolute Gasteiger partial charge is 0.467 e. The van der Waals surface area contributed by atoms with Crippen LogP contribution in [0.25, 0.3) is 0 Å². The van der Waals surface area contributed by atoms with Crippen LogP contribution in [0.4, 0.5) is 4.79 Å². The van der Waals surface area contributed by atoms with Crippen molar-refractivity contribution in [2.45, 2.75) is 38.5 Å². The number of amides is 1. The number of esters is 1. The number of benzene rings is 1. The summed E-state index contributed by atoms with van der Waals surface area (Å²) in [6.07, 6.45) is -0.811. The zero-order valence-corrected chi connectivity index (χ0v) is 12.7. The highest BCUT2D eigenvalue weighted by molar-refractivity contribution is 5.86. The van der Waals surface area contributed by atoms with Crippen LogP contribution < -0.4 is 5.32 Å². The molecule has 1 aromatic carbocycles. The molecule has 0 heterocycles. The Kier molecular flexibility index (Phi) is 5.32. The molecule has 6 heteroatoms. The summed E-state index contributed by atoms with van der Waals surface area (Å²) in [5, 5.41) is 12.5. The van der Waals surface area contributed by atoms with Crippen molar-refractivity contribution in [3.05, 3.63) is 35.9 Å². The quantitative estimate of drug-likeness (QED) is 0.806. The second-order valence-corrected chi connectivity index (χ2v) is 5.36. The molecule has 0 fully saturated rings. The van der Waals surface area contributed by atoms with Crippen molar-refractivity contribution in [1.29, 1.82) is 0 Å². The van der Waals surface area contributed by atoms with Crippen molar-refractivity contribution < 1.29 is 24.2 Å². The number of carbonyl (C=O) groups excluding carboxylic acids is 2.